The molecule has 1 fully saturated rings. The van der Waals surface area contributed by atoms with Crippen molar-refractivity contribution in [1.82, 2.24) is 9.80 Å². The quantitative estimate of drug-likeness (QED) is 0.823. The van der Waals surface area contributed by atoms with Gasteiger partial charge in [-0.2, -0.15) is 0 Å². The number of rotatable bonds is 7. The lowest BCUT2D eigenvalue weighted by atomic mass is 10.2. The number of halogens is 1. The Morgan fingerprint density at radius 1 is 0.920 bits per heavy atom. The summed E-state index contributed by atoms with van der Waals surface area (Å²) in [5.74, 6) is 0.733. The van der Waals surface area contributed by atoms with Crippen molar-refractivity contribution in [1.29, 1.82) is 0 Å². The minimum Gasteiger partial charge on any atom is -0.491 e. The lowest BCUT2D eigenvalue weighted by molar-refractivity contribution is 0.0446. The minimum absolute atomic E-state index is 0.297. The van der Waals surface area contributed by atoms with E-state index in [1.165, 1.54) is 5.56 Å². The molecule has 2 aromatic carbocycles. The molecule has 5 heteroatoms. The summed E-state index contributed by atoms with van der Waals surface area (Å²) in [6, 6.07) is 17.8. The Morgan fingerprint density at radius 2 is 1.56 bits per heavy atom. The molecule has 1 unspecified atom stereocenters. The number of hydrogen-bond donors (Lipinski definition) is 1. The predicted octanol–water partition coefficient (Wildman–Crippen LogP) is 2.90. The van der Waals surface area contributed by atoms with Crippen molar-refractivity contribution in [3.05, 3.63) is 65.2 Å². The summed E-state index contributed by atoms with van der Waals surface area (Å²) in [6.07, 6.45) is -0.489. The highest BCUT2D eigenvalue weighted by atomic mass is 35.5. The van der Waals surface area contributed by atoms with E-state index in [4.69, 9.17) is 16.3 Å². The second-order valence-electron chi connectivity index (χ2n) is 6.48. The van der Waals surface area contributed by atoms with Crippen molar-refractivity contribution in [3.8, 4) is 5.75 Å². The molecule has 134 valence electrons. The molecule has 0 saturated carbocycles. The van der Waals surface area contributed by atoms with Gasteiger partial charge in [0.05, 0.1) is 0 Å². The second kappa shape index (κ2) is 9.20. The molecule has 0 spiro atoms. The summed E-state index contributed by atoms with van der Waals surface area (Å²) >= 11 is 5.85. The molecule has 2 aromatic rings. The fraction of sp³-hybridized carbons (Fsp3) is 0.400. The zero-order valence-corrected chi connectivity index (χ0v) is 15.1. The highest BCUT2D eigenvalue weighted by molar-refractivity contribution is 6.30. The first-order valence-electron chi connectivity index (χ1n) is 8.74. The van der Waals surface area contributed by atoms with Crippen LogP contribution < -0.4 is 4.74 Å². The number of aliphatic hydroxyl groups is 1. The molecule has 1 aliphatic heterocycles. The van der Waals surface area contributed by atoms with Crippen LogP contribution in [0.3, 0.4) is 0 Å². The van der Waals surface area contributed by atoms with E-state index in [9.17, 15) is 5.11 Å². The van der Waals surface area contributed by atoms with Gasteiger partial charge in [-0.3, -0.25) is 9.80 Å². The fourth-order valence-electron chi connectivity index (χ4n) is 3.05. The van der Waals surface area contributed by atoms with Gasteiger partial charge in [0.1, 0.15) is 18.5 Å². The smallest absolute Gasteiger partial charge is 0.119 e. The molecule has 0 radical (unpaired) electrons. The van der Waals surface area contributed by atoms with Crippen molar-refractivity contribution in [2.45, 2.75) is 12.6 Å². The molecular formula is C20H25ClN2O2. The maximum Gasteiger partial charge on any atom is 0.119 e. The monoisotopic (exact) mass is 360 g/mol. The molecule has 0 bridgehead atoms. The van der Waals surface area contributed by atoms with Gasteiger partial charge in [0.2, 0.25) is 0 Å². The first kappa shape index (κ1) is 18.2. The SMILES string of the molecule is OC(COc1ccc(Cl)cc1)CN1CCN(Cc2ccccc2)CC1. The van der Waals surface area contributed by atoms with Gasteiger partial charge in [-0.05, 0) is 29.8 Å². The van der Waals surface area contributed by atoms with E-state index in [1.54, 1.807) is 12.1 Å². The number of benzene rings is 2. The van der Waals surface area contributed by atoms with Gasteiger partial charge in [-0.1, -0.05) is 41.9 Å². The molecule has 1 heterocycles. The average Bonchev–Trinajstić information content (AvgIpc) is 2.64. The summed E-state index contributed by atoms with van der Waals surface area (Å²) in [5.41, 5.74) is 1.35. The summed E-state index contributed by atoms with van der Waals surface area (Å²) < 4.78 is 5.62. The maximum atomic E-state index is 10.2. The molecule has 1 atom stereocenters. The van der Waals surface area contributed by atoms with E-state index < -0.39 is 6.10 Å². The van der Waals surface area contributed by atoms with Crippen LogP contribution in [0.1, 0.15) is 5.56 Å². The minimum atomic E-state index is -0.489. The Hall–Kier alpha value is -1.59. The van der Waals surface area contributed by atoms with E-state index in [0.717, 1.165) is 38.5 Å². The van der Waals surface area contributed by atoms with Gasteiger partial charge in [-0.25, -0.2) is 0 Å². The van der Waals surface area contributed by atoms with Crippen LogP contribution in [0.4, 0.5) is 0 Å². The number of piperazine rings is 1. The molecule has 1 aliphatic rings. The van der Waals surface area contributed by atoms with Crippen LogP contribution in [0.15, 0.2) is 54.6 Å². The molecule has 1 N–H and O–H groups in total. The molecule has 0 aliphatic carbocycles. The topological polar surface area (TPSA) is 35.9 Å². The molecular weight excluding hydrogens is 336 g/mol. The highest BCUT2D eigenvalue weighted by Crippen LogP contribution is 2.16. The van der Waals surface area contributed by atoms with Crippen molar-refractivity contribution in [2.75, 3.05) is 39.3 Å². The van der Waals surface area contributed by atoms with Crippen molar-refractivity contribution < 1.29 is 9.84 Å². The molecule has 25 heavy (non-hydrogen) atoms. The first-order chi connectivity index (χ1) is 12.2. The molecule has 3 rings (SSSR count). The second-order valence-corrected chi connectivity index (χ2v) is 6.92. The lowest BCUT2D eigenvalue weighted by Crippen LogP contribution is -2.48. The van der Waals surface area contributed by atoms with Crippen molar-refractivity contribution in [2.24, 2.45) is 0 Å². The van der Waals surface area contributed by atoms with Crippen LogP contribution in [0.2, 0.25) is 5.02 Å². The summed E-state index contributed by atoms with van der Waals surface area (Å²) in [5, 5.41) is 10.9. The number of nitrogens with zero attached hydrogens (tertiary/aromatic N) is 2. The van der Waals surface area contributed by atoms with Crippen molar-refractivity contribution in [3.63, 3.8) is 0 Å². The normalized spacial score (nSPS) is 17.4. The molecule has 0 aromatic heterocycles. The summed E-state index contributed by atoms with van der Waals surface area (Å²) in [7, 11) is 0. The standard InChI is InChI=1S/C20H25ClN2O2/c21-18-6-8-20(9-7-18)25-16-19(24)15-23-12-10-22(11-13-23)14-17-4-2-1-3-5-17/h1-9,19,24H,10-16H2. The van der Waals surface area contributed by atoms with Crippen LogP contribution in [0.5, 0.6) is 5.75 Å². The van der Waals surface area contributed by atoms with Crippen LogP contribution in [0, 0.1) is 0 Å². The van der Waals surface area contributed by atoms with E-state index >= 15 is 0 Å². The van der Waals surface area contributed by atoms with Gasteiger partial charge < -0.3 is 9.84 Å². The molecule has 0 amide bonds. The van der Waals surface area contributed by atoms with Crippen molar-refractivity contribution >= 4 is 11.6 Å². The van der Waals surface area contributed by atoms with E-state index in [-0.39, 0.29) is 0 Å². The van der Waals surface area contributed by atoms with Crippen LogP contribution >= 0.6 is 11.6 Å². The number of β-amino-alcohol motifs (C(OH)–C–C–N with tert-alkyl or cyclic N) is 1. The highest BCUT2D eigenvalue weighted by Gasteiger charge is 2.19. The van der Waals surface area contributed by atoms with E-state index in [2.05, 4.69) is 40.1 Å². The number of aliphatic hydroxyl groups excluding tert-OH is 1. The third-order valence-corrected chi connectivity index (χ3v) is 4.69. The number of hydrogen-bond acceptors (Lipinski definition) is 4. The Labute approximate surface area is 154 Å². The van der Waals surface area contributed by atoms with Crippen LogP contribution in [-0.2, 0) is 6.54 Å². The Balaban J connectivity index is 1.36. The van der Waals surface area contributed by atoms with E-state index in [0.29, 0.717) is 18.2 Å². The van der Waals surface area contributed by atoms with Crippen LogP contribution in [0.25, 0.3) is 0 Å². The number of ether oxygens (including phenoxy) is 1. The summed E-state index contributed by atoms with van der Waals surface area (Å²) in [6.45, 7) is 5.95. The lowest BCUT2D eigenvalue weighted by Gasteiger charge is -2.35. The zero-order chi connectivity index (χ0) is 17.5. The zero-order valence-electron chi connectivity index (χ0n) is 14.4. The Morgan fingerprint density at radius 3 is 2.24 bits per heavy atom. The van der Waals surface area contributed by atoms with Crippen LogP contribution in [-0.4, -0.2) is 60.3 Å². The van der Waals surface area contributed by atoms with Gasteiger partial charge in [0.15, 0.2) is 0 Å². The first-order valence-corrected chi connectivity index (χ1v) is 9.12. The van der Waals surface area contributed by atoms with Gasteiger partial charge >= 0.3 is 0 Å². The van der Waals surface area contributed by atoms with Gasteiger partial charge in [-0.15, -0.1) is 0 Å². The largest absolute Gasteiger partial charge is 0.491 e. The molecule has 1 saturated heterocycles. The molecule has 4 nitrogen and oxygen atoms in total. The Bertz CT molecular complexity index is 628. The summed E-state index contributed by atoms with van der Waals surface area (Å²) in [4.78, 5) is 4.76. The van der Waals surface area contributed by atoms with Gasteiger partial charge in [0, 0.05) is 44.3 Å². The predicted molar refractivity (Wildman–Crippen MR) is 101 cm³/mol. The average molecular weight is 361 g/mol. The third kappa shape index (κ3) is 6.01. The fourth-order valence-corrected chi connectivity index (χ4v) is 3.17. The third-order valence-electron chi connectivity index (χ3n) is 4.44. The Kier molecular flexibility index (Phi) is 6.70. The maximum absolute atomic E-state index is 10.2. The van der Waals surface area contributed by atoms with Gasteiger partial charge in [0.25, 0.3) is 0 Å². The van der Waals surface area contributed by atoms with E-state index in [1.807, 2.05) is 12.1 Å².